The molecule has 0 radical (unpaired) electrons. The van der Waals surface area contributed by atoms with Gasteiger partial charge in [0.25, 0.3) is 5.56 Å². The molecule has 10 heteroatoms. The molecule has 2 aromatic heterocycles. The second-order valence-corrected chi connectivity index (χ2v) is 7.71. The standard InChI is InChI=1S/C14H16N4O4S2/c15-14(18-6-4-11(20)17-13(18)21)7-10(9(8-19)22-14)23-24-12-3-1-2-5-16-12/h1-6,9-10,19H,7-8,15H2,(H,17,20,21)/t9-,10+,14+/m1/s1. The van der Waals surface area contributed by atoms with Gasteiger partial charge in [-0.1, -0.05) is 16.9 Å². The second-order valence-electron chi connectivity index (χ2n) is 5.25. The molecule has 0 spiro atoms. The van der Waals surface area contributed by atoms with Crippen LogP contribution in [0.1, 0.15) is 6.42 Å². The van der Waals surface area contributed by atoms with Crippen molar-refractivity contribution in [1.82, 2.24) is 14.5 Å². The number of hydrogen-bond acceptors (Lipinski definition) is 8. The van der Waals surface area contributed by atoms with E-state index in [0.29, 0.717) is 6.42 Å². The van der Waals surface area contributed by atoms with Crippen LogP contribution in [0.25, 0.3) is 0 Å². The molecule has 1 aliphatic heterocycles. The van der Waals surface area contributed by atoms with Gasteiger partial charge in [-0.2, -0.15) is 0 Å². The average Bonchev–Trinajstić information content (AvgIpc) is 2.91. The smallest absolute Gasteiger partial charge is 0.331 e. The number of aromatic amines is 1. The fourth-order valence-electron chi connectivity index (χ4n) is 2.43. The fourth-order valence-corrected chi connectivity index (χ4v) is 5.01. The van der Waals surface area contributed by atoms with Gasteiger partial charge in [0.2, 0.25) is 5.85 Å². The summed E-state index contributed by atoms with van der Waals surface area (Å²) in [5, 5.41) is 10.2. The molecule has 0 aliphatic carbocycles. The normalized spacial score (nSPS) is 26.6. The number of nitrogens with two attached hydrogens (primary N) is 1. The predicted molar refractivity (Wildman–Crippen MR) is 91.5 cm³/mol. The van der Waals surface area contributed by atoms with Crippen LogP contribution in [0.3, 0.4) is 0 Å². The largest absolute Gasteiger partial charge is 0.394 e. The van der Waals surface area contributed by atoms with E-state index in [1.54, 1.807) is 6.20 Å². The Morgan fingerprint density at radius 2 is 2.29 bits per heavy atom. The van der Waals surface area contributed by atoms with Gasteiger partial charge in [-0.25, -0.2) is 9.78 Å². The van der Waals surface area contributed by atoms with E-state index < -0.39 is 23.2 Å². The number of aliphatic hydroxyl groups is 1. The molecule has 3 atom stereocenters. The van der Waals surface area contributed by atoms with Crippen molar-refractivity contribution >= 4 is 21.6 Å². The highest BCUT2D eigenvalue weighted by Crippen LogP contribution is 2.43. The van der Waals surface area contributed by atoms with E-state index in [1.807, 2.05) is 18.2 Å². The SMILES string of the molecule is N[C@]1(n2ccc(=O)[nH]c2=O)C[C@H](SSc2ccccn2)[C@@H](CO)O1. The summed E-state index contributed by atoms with van der Waals surface area (Å²) in [7, 11) is 2.93. The maximum atomic E-state index is 12.0. The highest BCUT2D eigenvalue weighted by Gasteiger charge is 2.46. The zero-order chi connectivity index (χ0) is 17.2. The molecule has 24 heavy (non-hydrogen) atoms. The van der Waals surface area contributed by atoms with Gasteiger partial charge in [0.05, 0.1) is 18.0 Å². The number of nitrogens with zero attached hydrogens (tertiary/aromatic N) is 2. The van der Waals surface area contributed by atoms with Crippen molar-refractivity contribution in [3.8, 4) is 0 Å². The van der Waals surface area contributed by atoms with Crippen LogP contribution in [0.15, 0.2) is 51.3 Å². The van der Waals surface area contributed by atoms with Crippen LogP contribution < -0.4 is 17.0 Å². The molecule has 0 saturated carbocycles. The number of nitrogens with one attached hydrogen (secondary N) is 1. The van der Waals surface area contributed by atoms with Gasteiger partial charge in [-0.3, -0.25) is 20.1 Å². The van der Waals surface area contributed by atoms with Crippen molar-refractivity contribution < 1.29 is 9.84 Å². The van der Waals surface area contributed by atoms with Gasteiger partial charge >= 0.3 is 5.69 Å². The summed E-state index contributed by atoms with van der Waals surface area (Å²) in [6.45, 7) is -0.225. The monoisotopic (exact) mass is 368 g/mol. The lowest BCUT2D eigenvalue weighted by Gasteiger charge is -2.25. The zero-order valence-electron chi connectivity index (χ0n) is 12.5. The Hall–Kier alpha value is -1.59. The third kappa shape index (κ3) is 3.57. The van der Waals surface area contributed by atoms with E-state index in [9.17, 15) is 14.7 Å². The fraction of sp³-hybridized carbons (Fsp3) is 0.357. The number of H-pyrrole nitrogens is 1. The maximum Gasteiger partial charge on any atom is 0.331 e. The Kier molecular flexibility index (Phi) is 5.11. The Morgan fingerprint density at radius 1 is 1.46 bits per heavy atom. The highest BCUT2D eigenvalue weighted by atomic mass is 33.1. The molecule has 8 nitrogen and oxygen atoms in total. The molecule has 2 aromatic rings. The molecule has 0 unspecified atom stereocenters. The van der Waals surface area contributed by atoms with Gasteiger partial charge in [0.15, 0.2) is 0 Å². The molecule has 0 aromatic carbocycles. The number of hydrogen-bond donors (Lipinski definition) is 3. The first-order valence-corrected chi connectivity index (χ1v) is 9.37. The molecule has 1 fully saturated rings. The highest BCUT2D eigenvalue weighted by molar-refractivity contribution is 8.76. The Morgan fingerprint density at radius 3 is 2.96 bits per heavy atom. The molecule has 0 amide bonds. The maximum absolute atomic E-state index is 12.0. The summed E-state index contributed by atoms with van der Waals surface area (Å²) in [5.41, 5.74) is 5.07. The lowest BCUT2D eigenvalue weighted by molar-refractivity contribution is -0.109. The third-order valence-electron chi connectivity index (χ3n) is 3.57. The number of aromatic nitrogens is 3. The number of aliphatic hydroxyl groups excluding tert-OH is 1. The molecular weight excluding hydrogens is 352 g/mol. The van der Waals surface area contributed by atoms with Crippen molar-refractivity contribution in [1.29, 1.82) is 0 Å². The number of ether oxygens (including phenoxy) is 1. The summed E-state index contributed by atoms with van der Waals surface area (Å²) in [6, 6.07) is 6.80. The van der Waals surface area contributed by atoms with Gasteiger partial charge in [-0.05, 0) is 22.9 Å². The van der Waals surface area contributed by atoms with E-state index in [-0.39, 0.29) is 11.9 Å². The van der Waals surface area contributed by atoms with Crippen LogP contribution in [0.4, 0.5) is 0 Å². The summed E-state index contributed by atoms with van der Waals surface area (Å²) >= 11 is 0. The first kappa shape index (κ1) is 17.2. The van der Waals surface area contributed by atoms with E-state index in [4.69, 9.17) is 10.5 Å². The Balaban J connectivity index is 1.78. The molecule has 1 aliphatic rings. The van der Waals surface area contributed by atoms with Crippen molar-refractivity contribution in [3.63, 3.8) is 0 Å². The Labute approximate surface area is 144 Å². The minimum absolute atomic E-state index is 0.147. The van der Waals surface area contributed by atoms with Gasteiger partial charge in [0.1, 0.15) is 5.03 Å². The summed E-state index contributed by atoms with van der Waals surface area (Å²) in [6.07, 6.45) is 2.77. The molecule has 0 bridgehead atoms. The van der Waals surface area contributed by atoms with Crippen LogP contribution in [-0.2, 0) is 10.6 Å². The van der Waals surface area contributed by atoms with Gasteiger partial charge in [0, 0.05) is 24.9 Å². The summed E-state index contributed by atoms with van der Waals surface area (Å²) < 4.78 is 6.86. The molecule has 3 heterocycles. The van der Waals surface area contributed by atoms with Gasteiger partial charge < -0.3 is 9.84 Å². The predicted octanol–water partition coefficient (Wildman–Crippen LogP) is 0.0909. The average molecular weight is 368 g/mol. The third-order valence-corrected chi connectivity index (χ3v) is 6.34. The van der Waals surface area contributed by atoms with Crippen LogP contribution in [-0.4, -0.2) is 37.6 Å². The van der Waals surface area contributed by atoms with Crippen molar-refractivity contribution in [2.75, 3.05) is 6.61 Å². The van der Waals surface area contributed by atoms with E-state index in [2.05, 4.69) is 9.97 Å². The van der Waals surface area contributed by atoms with Crippen molar-refractivity contribution in [2.24, 2.45) is 5.73 Å². The lowest BCUT2D eigenvalue weighted by Crippen LogP contribution is -2.50. The van der Waals surface area contributed by atoms with Gasteiger partial charge in [-0.15, -0.1) is 0 Å². The van der Waals surface area contributed by atoms with Crippen LogP contribution in [0.2, 0.25) is 0 Å². The molecule has 3 rings (SSSR count). The minimum atomic E-state index is -1.42. The van der Waals surface area contributed by atoms with E-state index in [0.717, 1.165) is 9.59 Å². The first-order chi connectivity index (χ1) is 11.5. The lowest BCUT2D eigenvalue weighted by atomic mass is 10.2. The van der Waals surface area contributed by atoms with Crippen LogP contribution in [0.5, 0.6) is 0 Å². The molecule has 4 N–H and O–H groups in total. The van der Waals surface area contributed by atoms with Crippen molar-refractivity contribution in [2.45, 2.75) is 28.6 Å². The van der Waals surface area contributed by atoms with E-state index in [1.165, 1.54) is 33.9 Å². The van der Waals surface area contributed by atoms with Crippen LogP contribution >= 0.6 is 21.6 Å². The summed E-state index contributed by atoms with van der Waals surface area (Å²) in [4.78, 5) is 29.6. The molecule has 128 valence electrons. The summed E-state index contributed by atoms with van der Waals surface area (Å²) in [5.74, 6) is -1.42. The molecular formula is C14H16N4O4S2. The first-order valence-electron chi connectivity index (χ1n) is 7.16. The van der Waals surface area contributed by atoms with Crippen LogP contribution in [0, 0.1) is 0 Å². The Bertz CT molecular complexity index is 812. The minimum Gasteiger partial charge on any atom is -0.394 e. The topological polar surface area (TPSA) is 123 Å². The van der Waals surface area contributed by atoms with E-state index >= 15 is 0 Å². The molecule has 1 saturated heterocycles. The van der Waals surface area contributed by atoms with Crippen molar-refractivity contribution in [3.05, 3.63) is 57.5 Å². The number of pyridine rings is 1. The number of rotatable bonds is 5. The quantitative estimate of drug-likeness (QED) is 0.635. The zero-order valence-corrected chi connectivity index (χ0v) is 14.1. The second kappa shape index (κ2) is 7.11.